The monoisotopic (exact) mass is 678 g/mol. The van der Waals surface area contributed by atoms with Crippen molar-refractivity contribution in [1.29, 1.82) is 0 Å². The number of benzene rings is 1. The van der Waals surface area contributed by atoms with Gasteiger partial charge >= 0.3 is 17.9 Å². The third-order valence-electron chi connectivity index (χ3n) is 5.39. The fraction of sp³-hybridized carbons (Fsp3) is 0.391. The molecule has 0 bridgehead atoms. The molecule has 39 heavy (non-hydrogen) atoms. The summed E-state index contributed by atoms with van der Waals surface area (Å²) in [7, 11) is 0. The Morgan fingerprint density at radius 1 is 1.10 bits per heavy atom. The molecule has 5 atom stereocenters. The van der Waals surface area contributed by atoms with Gasteiger partial charge in [-0.1, -0.05) is 40.2 Å². The number of rotatable bonds is 8. The van der Waals surface area contributed by atoms with Gasteiger partial charge in [0.15, 0.2) is 16.8 Å². The van der Waals surface area contributed by atoms with Gasteiger partial charge in [-0.05, 0) is 34.1 Å². The Hall–Kier alpha value is -2.23. The van der Waals surface area contributed by atoms with E-state index < -0.39 is 47.7 Å². The summed E-state index contributed by atoms with van der Waals surface area (Å²) in [6.07, 6.45) is -1.52. The smallest absolute Gasteiger partial charge is 0.303 e. The molecule has 1 fully saturated rings. The van der Waals surface area contributed by atoms with Gasteiger partial charge in [-0.15, -0.1) is 16.4 Å². The van der Waals surface area contributed by atoms with Crippen molar-refractivity contribution in [2.75, 3.05) is 6.61 Å². The molecular weight excluding hydrogens is 659 g/mol. The van der Waals surface area contributed by atoms with Crippen LogP contribution in [0.25, 0.3) is 10.7 Å². The number of hydrogen-bond acceptors (Lipinski definition) is 12. The molecule has 2 aromatic heterocycles. The Morgan fingerprint density at radius 3 is 2.44 bits per heavy atom. The Morgan fingerprint density at radius 2 is 1.82 bits per heavy atom. The Bertz CT molecular complexity index is 1360. The number of aromatic nitrogens is 4. The highest BCUT2D eigenvalue weighted by molar-refractivity contribution is 9.10. The van der Waals surface area contributed by atoms with Gasteiger partial charge in [0.1, 0.15) is 34.9 Å². The molecule has 0 unspecified atom stereocenters. The molecule has 1 aromatic carbocycles. The molecule has 208 valence electrons. The summed E-state index contributed by atoms with van der Waals surface area (Å²) in [6.45, 7) is 3.48. The van der Waals surface area contributed by atoms with E-state index in [0.717, 1.165) is 0 Å². The van der Waals surface area contributed by atoms with Gasteiger partial charge in [0.25, 0.3) is 0 Å². The van der Waals surface area contributed by atoms with E-state index in [2.05, 4.69) is 31.2 Å². The molecule has 0 spiro atoms. The highest BCUT2D eigenvalue weighted by Gasteiger charge is 2.53. The van der Waals surface area contributed by atoms with Gasteiger partial charge in [0, 0.05) is 37.2 Å². The van der Waals surface area contributed by atoms with E-state index in [0.29, 0.717) is 30.2 Å². The van der Waals surface area contributed by atoms with E-state index in [1.54, 1.807) is 29.8 Å². The zero-order valence-electron chi connectivity index (χ0n) is 20.6. The van der Waals surface area contributed by atoms with Crippen LogP contribution in [0.3, 0.4) is 0 Å². The summed E-state index contributed by atoms with van der Waals surface area (Å²) >= 11 is 18.3. The summed E-state index contributed by atoms with van der Waals surface area (Å²) in [5, 5.41) is 11.5. The van der Waals surface area contributed by atoms with E-state index >= 15 is 0 Å². The van der Waals surface area contributed by atoms with Crippen molar-refractivity contribution in [3.8, 4) is 10.7 Å². The van der Waals surface area contributed by atoms with Crippen LogP contribution in [0.15, 0.2) is 39.3 Å². The molecule has 1 aliphatic rings. The van der Waals surface area contributed by atoms with Gasteiger partial charge in [-0.2, -0.15) is 0 Å². The van der Waals surface area contributed by atoms with E-state index in [1.165, 1.54) is 48.6 Å². The molecular formula is C23H21BrCl2N4O7S2. The average molecular weight is 680 g/mol. The number of thiazole rings is 1. The van der Waals surface area contributed by atoms with Crippen molar-refractivity contribution >= 4 is 80.1 Å². The minimum atomic E-state index is -1.11. The first-order valence-electron chi connectivity index (χ1n) is 11.3. The molecule has 0 N–H and O–H groups in total. The van der Waals surface area contributed by atoms with Gasteiger partial charge in [0.2, 0.25) is 0 Å². The van der Waals surface area contributed by atoms with Crippen molar-refractivity contribution in [2.24, 2.45) is 0 Å². The van der Waals surface area contributed by atoms with Gasteiger partial charge in [0.05, 0.1) is 10.0 Å². The fourth-order valence-electron chi connectivity index (χ4n) is 3.95. The standard InChI is InChI=1S/C23H21BrCl2N4O7S2/c1-10(31)34-9-16-19(35-11(2)32)17(30-18(21(24)28-29-30)22-27-6-7-38-22)20(36-12(3)33)23(37-16)39-13-4-5-14(25)15(26)8-13/h4-8,16-17,19-20,23H,9H2,1-3H3/t16-,17+,19+,20-,23-/m1/s1. The Balaban J connectivity index is 1.86. The Kier molecular flexibility index (Phi) is 9.88. The minimum Gasteiger partial charge on any atom is -0.463 e. The van der Waals surface area contributed by atoms with Crippen LogP contribution in [0, 0.1) is 0 Å². The van der Waals surface area contributed by atoms with Crippen LogP contribution in [0.5, 0.6) is 0 Å². The normalized spacial score (nSPS) is 22.8. The number of carbonyl (C=O) groups excluding carboxylic acids is 3. The molecule has 1 saturated heterocycles. The zero-order chi connectivity index (χ0) is 28.3. The van der Waals surface area contributed by atoms with E-state index in [1.807, 2.05) is 0 Å². The first-order chi connectivity index (χ1) is 18.5. The summed E-state index contributed by atoms with van der Waals surface area (Å²) in [5.41, 5.74) is -0.425. The van der Waals surface area contributed by atoms with Crippen LogP contribution in [-0.2, 0) is 33.3 Å². The number of carbonyl (C=O) groups is 3. The average Bonchev–Trinajstić information content (AvgIpc) is 3.51. The van der Waals surface area contributed by atoms with E-state index in [-0.39, 0.29) is 6.61 Å². The van der Waals surface area contributed by atoms with E-state index in [4.69, 9.17) is 42.1 Å². The number of nitrogens with zero attached hydrogens (tertiary/aromatic N) is 4. The second-order valence-electron chi connectivity index (χ2n) is 8.19. The zero-order valence-corrected chi connectivity index (χ0v) is 25.3. The lowest BCUT2D eigenvalue weighted by molar-refractivity contribution is -0.212. The molecule has 11 nitrogen and oxygen atoms in total. The van der Waals surface area contributed by atoms with E-state index in [9.17, 15) is 14.4 Å². The van der Waals surface area contributed by atoms with Crippen molar-refractivity contribution in [3.05, 3.63) is 44.4 Å². The van der Waals surface area contributed by atoms with Crippen molar-refractivity contribution in [3.63, 3.8) is 0 Å². The molecule has 16 heteroatoms. The molecule has 0 radical (unpaired) electrons. The second-order valence-corrected chi connectivity index (χ2v) is 11.8. The van der Waals surface area contributed by atoms with Gasteiger partial charge in [-0.25, -0.2) is 9.67 Å². The first kappa shape index (κ1) is 29.7. The van der Waals surface area contributed by atoms with Crippen molar-refractivity contribution < 1.29 is 33.3 Å². The summed E-state index contributed by atoms with van der Waals surface area (Å²) in [4.78, 5) is 41.4. The molecule has 3 heterocycles. The van der Waals surface area contributed by atoms with Crippen LogP contribution >= 0.6 is 62.2 Å². The SMILES string of the molecule is CC(=O)OC[C@H]1O[C@H](Sc2ccc(Cl)c(Cl)c2)[C@H](OC(C)=O)[C@@H](n2nnc(Br)c2-c2nccs2)[C@H]1OC(C)=O. The number of hydrogen-bond donors (Lipinski definition) is 0. The number of ether oxygens (including phenoxy) is 4. The maximum atomic E-state index is 12.4. The highest BCUT2D eigenvalue weighted by atomic mass is 79.9. The number of thioether (sulfide) groups is 1. The third-order valence-corrected chi connectivity index (χ3v) is 8.58. The van der Waals surface area contributed by atoms with Crippen molar-refractivity contribution in [2.45, 2.75) is 55.5 Å². The van der Waals surface area contributed by atoms with Crippen LogP contribution in [-0.4, -0.2) is 68.2 Å². The van der Waals surface area contributed by atoms with Crippen molar-refractivity contribution in [1.82, 2.24) is 20.0 Å². The third kappa shape index (κ3) is 7.11. The largest absolute Gasteiger partial charge is 0.463 e. The topological polar surface area (TPSA) is 132 Å². The molecule has 0 aliphatic carbocycles. The second kappa shape index (κ2) is 13.0. The predicted molar refractivity (Wildman–Crippen MR) is 147 cm³/mol. The molecule has 4 rings (SSSR count). The highest BCUT2D eigenvalue weighted by Crippen LogP contribution is 2.44. The van der Waals surface area contributed by atoms with Crippen LogP contribution < -0.4 is 0 Å². The maximum Gasteiger partial charge on any atom is 0.303 e. The molecule has 0 amide bonds. The quantitative estimate of drug-likeness (QED) is 0.237. The first-order valence-corrected chi connectivity index (χ1v) is 14.6. The number of halogens is 3. The molecule has 0 saturated carbocycles. The van der Waals surface area contributed by atoms with Crippen LogP contribution in [0.2, 0.25) is 10.0 Å². The summed E-state index contributed by atoms with van der Waals surface area (Å²) < 4.78 is 24.9. The molecule has 1 aliphatic heterocycles. The lowest BCUT2D eigenvalue weighted by Gasteiger charge is -2.45. The number of esters is 3. The Labute approximate surface area is 249 Å². The summed E-state index contributed by atoms with van der Waals surface area (Å²) in [5.74, 6) is -1.80. The predicted octanol–water partition coefficient (Wildman–Crippen LogP) is 4.96. The lowest BCUT2D eigenvalue weighted by atomic mass is 9.96. The maximum absolute atomic E-state index is 12.4. The fourth-order valence-corrected chi connectivity index (χ4v) is 6.71. The minimum absolute atomic E-state index is 0.253. The van der Waals surface area contributed by atoms with Crippen LogP contribution in [0.4, 0.5) is 0 Å². The lowest BCUT2D eigenvalue weighted by Crippen LogP contribution is -2.58. The van der Waals surface area contributed by atoms with Gasteiger partial charge < -0.3 is 18.9 Å². The van der Waals surface area contributed by atoms with Crippen LogP contribution in [0.1, 0.15) is 26.8 Å². The summed E-state index contributed by atoms with van der Waals surface area (Å²) in [6, 6.07) is 4.03. The molecule has 3 aromatic rings. The van der Waals surface area contributed by atoms with Gasteiger partial charge in [-0.3, -0.25) is 14.4 Å².